The average molecular weight is 246 g/mol. The van der Waals surface area contributed by atoms with Gasteiger partial charge in [-0.05, 0) is 5.56 Å². The Labute approximate surface area is 108 Å². The normalized spacial score (nSPS) is 10.3. The van der Waals surface area contributed by atoms with Crippen molar-refractivity contribution in [3.05, 3.63) is 48.6 Å². The highest BCUT2D eigenvalue weighted by Gasteiger charge is 2.12. The van der Waals surface area contributed by atoms with Gasteiger partial charge in [0.1, 0.15) is 6.61 Å². The lowest BCUT2D eigenvalue weighted by atomic mass is 10.2. The van der Waals surface area contributed by atoms with Crippen LogP contribution in [0.2, 0.25) is 0 Å². The summed E-state index contributed by atoms with van der Waals surface area (Å²) in [4.78, 5) is 17.2. The van der Waals surface area contributed by atoms with Crippen LogP contribution in [-0.4, -0.2) is 37.3 Å². The lowest BCUT2D eigenvalue weighted by Crippen LogP contribution is -2.33. The van der Waals surface area contributed by atoms with Crippen molar-refractivity contribution in [3.63, 3.8) is 0 Å². The summed E-state index contributed by atoms with van der Waals surface area (Å²) in [6.45, 7) is 4.76. The van der Waals surface area contributed by atoms with Crippen LogP contribution < -0.4 is 0 Å². The second-order valence-corrected chi connectivity index (χ2v) is 3.67. The minimum Gasteiger partial charge on any atom is -0.445 e. The van der Waals surface area contributed by atoms with Crippen LogP contribution >= 0.6 is 0 Å². The summed E-state index contributed by atoms with van der Waals surface area (Å²) in [5.41, 5.74) is 0.966. The molecule has 4 nitrogen and oxygen atoms in total. The summed E-state index contributed by atoms with van der Waals surface area (Å²) >= 11 is 0. The first kappa shape index (κ1) is 14.0. The topological polar surface area (TPSA) is 41.9 Å². The van der Waals surface area contributed by atoms with Crippen molar-refractivity contribution >= 4 is 12.3 Å². The van der Waals surface area contributed by atoms with Crippen molar-refractivity contribution < 1.29 is 9.53 Å². The van der Waals surface area contributed by atoms with E-state index in [0.29, 0.717) is 13.1 Å². The zero-order valence-corrected chi connectivity index (χ0v) is 10.6. The van der Waals surface area contributed by atoms with Gasteiger partial charge in [0.25, 0.3) is 0 Å². The fourth-order valence-corrected chi connectivity index (χ4v) is 1.37. The van der Waals surface area contributed by atoms with E-state index in [4.69, 9.17) is 4.74 Å². The molecule has 0 heterocycles. The third-order valence-electron chi connectivity index (χ3n) is 2.30. The Morgan fingerprint density at radius 1 is 1.39 bits per heavy atom. The minimum atomic E-state index is -0.362. The number of amides is 1. The van der Waals surface area contributed by atoms with Crippen LogP contribution in [0, 0.1) is 0 Å². The van der Waals surface area contributed by atoms with Gasteiger partial charge in [-0.3, -0.25) is 9.89 Å². The molecule has 0 spiro atoms. The summed E-state index contributed by atoms with van der Waals surface area (Å²) < 4.78 is 5.22. The fraction of sp³-hybridized carbons (Fsp3) is 0.286. The highest BCUT2D eigenvalue weighted by Crippen LogP contribution is 2.03. The molecule has 0 saturated carbocycles. The molecule has 0 saturated heterocycles. The quantitative estimate of drug-likeness (QED) is 0.571. The number of rotatable bonds is 6. The third kappa shape index (κ3) is 4.82. The van der Waals surface area contributed by atoms with Gasteiger partial charge in [0.2, 0.25) is 0 Å². The number of nitrogens with zero attached hydrogens (tertiary/aromatic N) is 2. The largest absolute Gasteiger partial charge is 0.445 e. The van der Waals surface area contributed by atoms with E-state index >= 15 is 0 Å². The predicted molar refractivity (Wildman–Crippen MR) is 72.8 cm³/mol. The van der Waals surface area contributed by atoms with Crippen molar-refractivity contribution in [1.82, 2.24) is 4.90 Å². The van der Waals surface area contributed by atoms with Crippen molar-refractivity contribution in [2.75, 3.05) is 20.1 Å². The monoisotopic (exact) mass is 246 g/mol. The number of hydrogen-bond acceptors (Lipinski definition) is 3. The second kappa shape index (κ2) is 8.06. The number of aliphatic imine (C=N–C) groups is 1. The number of carbonyl (C=O) groups excluding carboxylic acids is 1. The predicted octanol–water partition coefficient (Wildman–Crippen LogP) is 2.51. The molecule has 1 aromatic carbocycles. The first-order valence-corrected chi connectivity index (χ1v) is 5.75. The van der Waals surface area contributed by atoms with Crippen LogP contribution in [0.4, 0.5) is 4.79 Å². The van der Waals surface area contributed by atoms with Crippen molar-refractivity contribution in [3.8, 4) is 0 Å². The van der Waals surface area contributed by atoms with Gasteiger partial charge in [-0.2, -0.15) is 0 Å². The Morgan fingerprint density at radius 2 is 2.11 bits per heavy atom. The van der Waals surface area contributed by atoms with Crippen molar-refractivity contribution in [2.45, 2.75) is 6.61 Å². The highest BCUT2D eigenvalue weighted by atomic mass is 16.6. The molecule has 96 valence electrons. The number of benzene rings is 1. The smallest absolute Gasteiger partial charge is 0.410 e. The van der Waals surface area contributed by atoms with Gasteiger partial charge in [-0.1, -0.05) is 36.4 Å². The maximum absolute atomic E-state index is 11.8. The molecule has 1 aromatic rings. The highest BCUT2D eigenvalue weighted by molar-refractivity contribution is 5.73. The lowest BCUT2D eigenvalue weighted by Gasteiger charge is -2.18. The van der Waals surface area contributed by atoms with Gasteiger partial charge < -0.3 is 4.74 Å². The Balaban J connectivity index is 2.48. The van der Waals surface area contributed by atoms with Gasteiger partial charge >= 0.3 is 6.09 Å². The van der Waals surface area contributed by atoms with E-state index in [1.807, 2.05) is 30.3 Å². The van der Waals surface area contributed by atoms with Gasteiger partial charge in [-0.25, -0.2) is 4.79 Å². The van der Waals surface area contributed by atoms with Crippen LogP contribution in [0.25, 0.3) is 0 Å². The summed E-state index contributed by atoms with van der Waals surface area (Å²) in [6, 6.07) is 9.58. The molecule has 18 heavy (non-hydrogen) atoms. The molecule has 0 atom stereocenters. The minimum absolute atomic E-state index is 0.274. The third-order valence-corrected chi connectivity index (χ3v) is 2.30. The molecule has 0 aromatic heterocycles. The van der Waals surface area contributed by atoms with Crippen LogP contribution in [0.1, 0.15) is 5.56 Å². The Morgan fingerprint density at radius 3 is 2.72 bits per heavy atom. The molecule has 0 N–H and O–H groups in total. The summed E-state index contributed by atoms with van der Waals surface area (Å²) in [6.07, 6.45) is 2.96. The van der Waals surface area contributed by atoms with E-state index in [-0.39, 0.29) is 12.7 Å². The van der Waals surface area contributed by atoms with Crippen LogP contribution in [-0.2, 0) is 11.3 Å². The molecule has 0 fully saturated rings. The Kier molecular flexibility index (Phi) is 6.25. The molecule has 4 heteroatoms. The molecule has 0 aliphatic rings. The van der Waals surface area contributed by atoms with Crippen molar-refractivity contribution in [1.29, 1.82) is 0 Å². The first-order chi connectivity index (χ1) is 8.77. The standard InChI is InChI=1S/C14H18N2O2/c1-3-10-16(11-9-15-2)14(17)18-12-13-7-5-4-6-8-13/h3-9H,1,10-12H2,2H3/b15-9+. The molecular weight excluding hydrogens is 228 g/mol. The number of hydrogen-bond donors (Lipinski definition) is 0. The SMILES string of the molecule is C=CCN(C/C=N/C)C(=O)OCc1ccccc1. The van der Waals surface area contributed by atoms with Crippen LogP contribution in [0.15, 0.2) is 48.0 Å². The maximum atomic E-state index is 11.8. The van der Waals surface area contributed by atoms with Gasteiger partial charge in [0.05, 0.1) is 6.54 Å². The molecule has 1 amide bonds. The lowest BCUT2D eigenvalue weighted by molar-refractivity contribution is 0.105. The summed E-state index contributed by atoms with van der Waals surface area (Å²) in [5.74, 6) is 0. The van der Waals surface area contributed by atoms with Crippen LogP contribution in [0.3, 0.4) is 0 Å². The zero-order chi connectivity index (χ0) is 13.2. The van der Waals surface area contributed by atoms with E-state index in [9.17, 15) is 4.79 Å². The maximum Gasteiger partial charge on any atom is 0.410 e. The van der Waals surface area contributed by atoms with E-state index < -0.39 is 0 Å². The zero-order valence-electron chi connectivity index (χ0n) is 10.6. The molecule has 0 aliphatic carbocycles. The number of carbonyl (C=O) groups is 1. The second-order valence-electron chi connectivity index (χ2n) is 3.67. The Bertz CT molecular complexity index is 402. The van der Waals surface area contributed by atoms with E-state index in [2.05, 4.69) is 11.6 Å². The molecule has 1 rings (SSSR count). The van der Waals surface area contributed by atoms with Gasteiger partial charge in [0, 0.05) is 19.8 Å². The van der Waals surface area contributed by atoms with Crippen LogP contribution in [0.5, 0.6) is 0 Å². The summed E-state index contributed by atoms with van der Waals surface area (Å²) in [7, 11) is 1.67. The van der Waals surface area contributed by atoms with Crippen molar-refractivity contribution in [2.24, 2.45) is 4.99 Å². The van der Waals surface area contributed by atoms with E-state index in [0.717, 1.165) is 5.56 Å². The first-order valence-electron chi connectivity index (χ1n) is 5.75. The number of ether oxygens (including phenoxy) is 1. The van der Waals surface area contributed by atoms with E-state index in [1.165, 1.54) is 4.90 Å². The molecule has 0 radical (unpaired) electrons. The molecule has 0 unspecified atom stereocenters. The Hall–Kier alpha value is -2.10. The van der Waals surface area contributed by atoms with E-state index in [1.54, 1.807) is 19.3 Å². The van der Waals surface area contributed by atoms with Gasteiger partial charge in [0.15, 0.2) is 0 Å². The average Bonchev–Trinajstić information content (AvgIpc) is 2.42. The molecular formula is C14H18N2O2. The van der Waals surface area contributed by atoms with Gasteiger partial charge in [-0.15, -0.1) is 6.58 Å². The molecule has 0 bridgehead atoms. The molecule has 0 aliphatic heterocycles. The fourth-order valence-electron chi connectivity index (χ4n) is 1.37. The summed E-state index contributed by atoms with van der Waals surface area (Å²) in [5, 5.41) is 0.